The maximum absolute atomic E-state index is 12.0. The number of nitrogens with zero attached hydrogens (tertiary/aromatic N) is 4. The van der Waals surface area contributed by atoms with Crippen LogP contribution in [0.2, 0.25) is 0 Å². The summed E-state index contributed by atoms with van der Waals surface area (Å²) in [4.78, 5) is 15.9. The Labute approximate surface area is 97.9 Å². The third-order valence-electron chi connectivity index (χ3n) is 2.27. The first-order valence-corrected chi connectivity index (χ1v) is 5.04. The van der Waals surface area contributed by atoms with E-state index in [0.29, 0.717) is 11.1 Å². The first-order chi connectivity index (χ1) is 8.03. The molecule has 86 valence electrons. The first kappa shape index (κ1) is 11.1. The quantitative estimate of drug-likeness (QED) is 0.824. The van der Waals surface area contributed by atoms with Gasteiger partial charge in [-0.2, -0.15) is 10.4 Å². The molecule has 0 fully saturated rings. The van der Waals surface area contributed by atoms with Crippen LogP contribution in [0, 0.1) is 11.3 Å². The Bertz CT molecular complexity index is 608. The molecular weight excluding hydrogens is 218 g/mol. The predicted octanol–water partition coefficient (Wildman–Crippen LogP) is 0.761. The zero-order valence-corrected chi connectivity index (χ0v) is 9.51. The van der Waals surface area contributed by atoms with Gasteiger partial charge in [0.15, 0.2) is 0 Å². The third kappa shape index (κ3) is 2.08. The number of hydrogen-bond acceptors (Lipinski definition) is 4. The van der Waals surface area contributed by atoms with E-state index in [1.807, 2.05) is 6.07 Å². The van der Waals surface area contributed by atoms with Crippen LogP contribution in [0.3, 0.4) is 0 Å². The van der Waals surface area contributed by atoms with Crippen LogP contribution >= 0.6 is 0 Å². The Morgan fingerprint density at radius 1 is 1.53 bits per heavy atom. The van der Waals surface area contributed by atoms with Crippen molar-refractivity contribution in [1.29, 1.82) is 5.26 Å². The molecule has 17 heavy (non-hydrogen) atoms. The molecular formula is C11H11N5O. The molecule has 0 saturated carbocycles. The van der Waals surface area contributed by atoms with Gasteiger partial charge in [0.1, 0.15) is 5.54 Å². The second kappa shape index (κ2) is 3.87. The van der Waals surface area contributed by atoms with Gasteiger partial charge >= 0.3 is 0 Å². The number of carbonyl (C=O) groups excluding carboxylic acids is 1. The van der Waals surface area contributed by atoms with Gasteiger partial charge in [-0.15, -0.1) is 0 Å². The minimum atomic E-state index is -0.909. The SMILES string of the molecule is CC(C)(C#N)NC(=O)c1cnn2ccncc12. The number of fused-ring (bicyclic) bond motifs is 1. The zero-order valence-electron chi connectivity index (χ0n) is 9.51. The van der Waals surface area contributed by atoms with E-state index in [4.69, 9.17) is 5.26 Å². The van der Waals surface area contributed by atoms with Crippen LogP contribution in [0.5, 0.6) is 0 Å². The number of amides is 1. The van der Waals surface area contributed by atoms with E-state index < -0.39 is 5.54 Å². The molecule has 0 atom stereocenters. The van der Waals surface area contributed by atoms with Gasteiger partial charge in [0.25, 0.3) is 5.91 Å². The molecule has 0 aliphatic rings. The predicted molar refractivity (Wildman–Crippen MR) is 60.1 cm³/mol. The fourth-order valence-corrected chi connectivity index (χ4v) is 1.39. The van der Waals surface area contributed by atoms with Crippen molar-refractivity contribution in [1.82, 2.24) is 19.9 Å². The van der Waals surface area contributed by atoms with Gasteiger partial charge in [-0.3, -0.25) is 9.78 Å². The molecule has 6 heteroatoms. The van der Waals surface area contributed by atoms with Crippen molar-refractivity contribution in [3.63, 3.8) is 0 Å². The molecule has 0 saturated heterocycles. The molecule has 0 aliphatic carbocycles. The summed E-state index contributed by atoms with van der Waals surface area (Å²) >= 11 is 0. The molecule has 1 N–H and O–H groups in total. The van der Waals surface area contributed by atoms with Gasteiger partial charge in [-0.1, -0.05) is 0 Å². The lowest BCUT2D eigenvalue weighted by Gasteiger charge is -2.16. The fraction of sp³-hybridized carbons (Fsp3) is 0.273. The average molecular weight is 229 g/mol. The molecule has 2 heterocycles. The van der Waals surface area contributed by atoms with E-state index in [0.717, 1.165) is 0 Å². The van der Waals surface area contributed by atoms with Crippen molar-refractivity contribution >= 4 is 11.4 Å². The Hall–Kier alpha value is -2.42. The molecule has 0 aliphatic heterocycles. The Morgan fingerprint density at radius 3 is 3.00 bits per heavy atom. The summed E-state index contributed by atoms with van der Waals surface area (Å²) in [7, 11) is 0. The van der Waals surface area contributed by atoms with Crippen molar-refractivity contribution in [3.8, 4) is 6.07 Å². The molecule has 1 amide bonds. The summed E-state index contributed by atoms with van der Waals surface area (Å²) in [6, 6.07) is 2.01. The Kier molecular flexibility index (Phi) is 2.52. The minimum absolute atomic E-state index is 0.334. The molecule has 2 aromatic heterocycles. The highest BCUT2D eigenvalue weighted by Crippen LogP contribution is 2.10. The smallest absolute Gasteiger partial charge is 0.256 e. The number of hydrogen-bond donors (Lipinski definition) is 1. The number of aromatic nitrogens is 3. The van der Waals surface area contributed by atoms with Crippen molar-refractivity contribution in [3.05, 3.63) is 30.4 Å². The number of rotatable bonds is 2. The summed E-state index contributed by atoms with van der Waals surface area (Å²) in [5, 5.41) is 15.5. The minimum Gasteiger partial charge on any atom is -0.334 e. The van der Waals surface area contributed by atoms with E-state index in [1.165, 1.54) is 6.20 Å². The second-order valence-electron chi connectivity index (χ2n) is 4.16. The van der Waals surface area contributed by atoms with Gasteiger partial charge in [-0.05, 0) is 13.8 Å². The van der Waals surface area contributed by atoms with Gasteiger partial charge < -0.3 is 5.32 Å². The van der Waals surface area contributed by atoms with Crippen LogP contribution in [-0.2, 0) is 0 Å². The lowest BCUT2D eigenvalue weighted by atomic mass is 10.1. The van der Waals surface area contributed by atoms with Gasteiger partial charge in [0.2, 0.25) is 0 Å². The molecule has 6 nitrogen and oxygen atoms in total. The fourth-order valence-electron chi connectivity index (χ4n) is 1.39. The van der Waals surface area contributed by atoms with Crippen molar-refractivity contribution in [2.45, 2.75) is 19.4 Å². The monoisotopic (exact) mass is 229 g/mol. The van der Waals surface area contributed by atoms with Crippen molar-refractivity contribution in [2.24, 2.45) is 0 Å². The van der Waals surface area contributed by atoms with E-state index in [2.05, 4.69) is 15.4 Å². The number of nitriles is 1. The summed E-state index contributed by atoms with van der Waals surface area (Å²) < 4.78 is 1.56. The Morgan fingerprint density at radius 2 is 2.29 bits per heavy atom. The standard InChI is InChI=1S/C11H11N5O/c1-11(2,7-12)15-10(17)8-5-14-16-4-3-13-6-9(8)16/h3-6H,1-2H3,(H,15,17). The van der Waals surface area contributed by atoms with Gasteiger partial charge in [-0.25, -0.2) is 4.52 Å². The molecule has 0 bridgehead atoms. The van der Waals surface area contributed by atoms with Crippen LogP contribution < -0.4 is 5.32 Å². The number of carbonyl (C=O) groups is 1. The lowest BCUT2D eigenvalue weighted by molar-refractivity contribution is 0.0931. The van der Waals surface area contributed by atoms with Crippen LogP contribution in [-0.4, -0.2) is 26.0 Å². The lowest BCUT2D eigenvalue weighted by Crippen LogP contribution is -2.42. The first-order valence-electron chi connectivity index (χ1n) is 5.04. The van der Waals surface area contributed by atoms with E-state index in [9.17, 15) is 4.79 Å². The van der Waals surface area contributed by atoms with Crippen molar-refractivity contribution in [2.75, 3.05) is 0 Å². The summed E-state index contributed by atoms with van der Waals surface area (Å²) in [5.41, 5.74) is 0.105. The van der Waals surface area contributed by atoms with Gasteiger partial charge in [0, 0.05) is 12.4 Å². The molecule has 0 unspecified atom stereocenters. The summed E-state index contributed by atoms with van der Waals surface area (Å²) in [6.45, 7) is 3.27. The molecule has 0 spiro atoms. The van der Waals surface area contributed by atoms with Crippen LogP contribution in [0.4, 0.5) is 0 Å². The molecule has 0 aromatic carbocycles. The van der Waals surface area contributed by atoms with Crippen molar-refractivity contribution < 1.29 is 4.79 Å². The zero-order chi connectivity index (χ0) is 12.5. The highest BCUT2D eigenvalue weighted by Gasteiger charge is 2.22. The summed E-state index contributed by atoms with van der Waals surface area (Å²) in [5.74, 6) is -0.334. The summed E-state index contributed by atoms with van der Waals surface area (Å²) in [6.07, 6.45) is 6.25. The molecule has 2 rings (SSSR count). The normalized spacial score (nSPS) is 11.1. The third-order valence-corrected chi connectivity index (χ3v) is 2.27. The van der Waals surface area contributed by atoms with E-state index in [-0.39, 0.29) is 5.91 Å². The average Bonchev–Trinajstić information content (AvgIpc) is 2.72. The number of nitrogens with one attached hydrogen (secondary N) is 1. The van der Waals surface area contributed by atoms with E-state index >= 15 is 0 Å². The topological polar surface area (TPSA) is 83.1 Å². The highest BCUT2D eigenvalue weighted by atomic mass is 16.1. The molecule has 2 aromatic rings. The van der Waals surface area contributed by atoms with Gasteiger partial charge in [0.05, 0.1) is 29.5 Å². The van der Waals surface area contributed by atoms with Crippen LogP contribution in [0.1, 0.15) is 24.2 Å². The highest BCUT2D eigenvalue weighted by molar-refractivity contribution is 6.00. The van der Waals surface area contributed by atoms with Crippen LogP contribution in [0.25, 0.3) is 5.52 Å². The van der Waals surface area contributed by atoms with E-state index in [1.54, 1.807) is 37.0 Å². The molecule has 0 radical (unpaired) electrons. The second-order valence-corrected chi connectivity index (χ2v) is 4.16. The maximum Gasteiger partial charge on any atom is 0.256 e. The maximum atomic E-state index is 12.0. The largest absolute Gasteiger partial charge is 0.334 e. The Balaban J connectivity index is 2.35. The van der Waals surface area contributed by atoms with Crippen LogP contribution in [0.15, 0.2) is 24.8 Å².